The summed E-state index contributed by atoms with van der Waals surface area (Å²) in [4.78, 5) is 22.0. The number of hydrogen-bond acceptors (Lipinski definition) is 4. The lowest BCUT2D eigenvalue weighted by molar-refractivity contribution is -0.147. The SMILES string of the molecule is CCOc1cc(C(O)C(=O)O)ccc1C(Cl)C(C)=O. The summed E-state index contributed by atoms with van der Waals surface area (Å²) in [5.74, 6) is -1.30. The van der Waals surface area contributed by atoms with Crippen LogP contribution in [0.5, 0.6) is 5.75 Å². The first kappa shape index (κ1) is 15.5. The fraction of sp³-hybridized carbons (Fsp3) is 0.385. The predicted octanol–water partition coefficient (Wildman–Crippen LogP) is 2.07. The summed E-state index contributed by atoms with van der Waals surface area (Å²) >= 11 is 5.97. The number of carbonyl (C=O) groups excluding carboxylic acids is 1. The van der Waals surface area contributed by atoms with E-state index in [0.29, 0.717) is 17.9 Å². The molecule has 104 valence electrons. The van der Waals surface area contributed by atoms with E-state index in [1.807, 2.05) is 0 Å². The molecule has 2 N–H and O–H groups in total. The van der Waals surface area contributed by atoms with Crippen LogP contribution >= 0.6 is 11.6 Å². The molecule has 0 radical (unpaired) electrons. The zero-order chi connectivity index (χ0) is 14.6. The second-order valence-electron chi connectivity index (χ2n) is 3.94. The molecule has 2 unspecified atom stereocenters. The Bertz CT molecular complexity index is 486. The van der Waals surface area contributed by atoms with Gasteiger partial charge in [0, 0.05) is 5.56 Å². The van der Waals surface area contributed by atoms with Gasteiger partial charge in [0.05, 0.1) is 6.61 Å². The smallest absolute Gasteiger partial charge is 0.337 e. The van der Waals surface area contributed by atoms with Gasteiger partial charge in [-0.3, -0.25) is 4.79 Å². The van der Waals surface area contributed by atoms with Crippen molar-refractivity contribution in [2.75, 3.05) is 6.61 Å². The van der Waals surface area contributed by atoms with Crippen LogP contribution in [0.15, 0.2) is 18.2 Å². The molecule has 0 aromatic heterocycles. The molecule has 1 rings (SSSR count). The van der Waals surface area contributed by atoms with Gasteiger partial charge >= 0.3 is 5.97 Å². The number of carboxylic acids is 1. The maximum atomic E-state index is 11.3. The Morgan fingerprint density at radius 1 is 1.42 bits per heavy atom. The standard InChI is InChI=1S/C13H15ClO5/c1-3-19-10-6-8(12(16)13(17)18)4-5-9(10)11(14)7(2)15/h4-6,11-12,16H,3H2,1-2H3,(H,17,18). The average molecular weight is 287 g/mol. The average Bonchev–Trinajstić information content (AvgIpc) is 2.37. The summed E-state index contributed by atoms with van der Waals surface area (Å²) in [6.45, 7) is 3.44. The fourth-order valence-electron chi connectivity index (χ4n) is 1.57. The van der Waals surface area contributed by atoms with Gasteiger partial charge in [0.25, 0.3) is 0 Å². The Morgan fingerprint density at radius 3 is 2.53 bits per heavy atom. The van der Waals surface area contributed by atoms with Crippen molar-refractivity contribution in [3.8, 4) is 5.75 Å². The molecular weight excluding hydrogens is 272 g/mol. The topological polar surface area (TPSA) is 83.8 Å². The largest absolute Gasteiger partial charge is 0.494 e. The Labute approximate surface area is 115 Å². The van der Waals surface area contributed by atoms with Crippen molar-refractivity contribution in [2.45, 2.75) is 25.3 Å². The Balaban J connectivity index is 3.21. The van der Waals surface area contributed by atoms with Crippen LogP contribution in [0.2, 0.25) is 0 Å². The van der Waals surface area contributed by atoms with Gasteiger partial charge in [-0.2, -0.15) is 0 Å². The maximum absolute atomic E-state index is 11.3. The number of rotatable bonds is 6. The van der Waals surface area contributed by atoms with Crippen molar-refractivity contribution in [2.24, 2.45) is 0 Å². The number of carbonyl (C=O) groups is 2. The quantitative estimate of drug-likeness (QED) is 0.782. The van der Waals surface area contributed by atoms with E-state index in [-0.39, 0.29) is 11.3 Å². The van der Waals surface area contributed by atoms with Crippen LogP contribution in [0.1, 0.15) is 36.5 Å². The zero-order valence-electron chi connectivity index (χ0n) is 10.6. The number of benzene rings is 1. The Hall–Kier alpha value is -1.59. The summed E-state index contributed by atoms with van der Waals surface area (Å²) in [6, 6.07) is 4.29. The third-order valence-corrected chi connectivity index (χ3v) is 3.06. The maximum Gasteiger partial charge on any atom is 0.337 e. The number of aliphatic hydroxyl groups is 1. The molecule has 5 nitrogen and oxygen atoms in total. The molecule has 1 aromatic carbocycles. The van der Waals surface area contributed by atoms with E-state index in [4.69, 9.17) is 21.4 Å². The number of hydrogen-bond donors (Lipinski definition) is 2. The van der Waals surface area contributed by atoms with E-state index < -0.39 is 17.5 Å². The third-order valence-electron chi connectivity index (χ3n) is 2.52. The molecule has 6 heteroatoms. The number of carboxylic acid groups (broad SMARTS) is 1. The van der Waals surface area contributed by atoms with Gasteiger partial charge in [-0.1, -0.05) is 12.1 Å². The van der Waals surface area contributed by atoms with Crippen LogP contribution in [0.4, 0.5) is 0 Å². The van der Waals surface area contributed by atoms with Crippen LogP contribution in [0.25, 0.3) is 0 Å². The highest BCUT2D eigenvalue weighted by Gasteiger charge is 2.22. The molecule has 2 atom stereocenters. The van der Waals surface area contributed by atoms with Gasteiger partial charge in [-0.05, 0) is 25.5 Å². The minimum absolute atomic E-state index is 0.173. The summed E-state index contributed by atoms with van der Waals surface area (Å²) < 4.78 is 5.34. The van der Waals surface area contributed by atoms with Gasteiger partial charge in [0.15, 0.2) is 11.9 Å². The predicted molar refractivity (Wildman–Crippen MR) is 69.5 cm³/mol. The normalized spacial score (nSPS) is 13.7. The lowest BCUT2D eigenvalue weighted by Crippen LogP contribution is -2.12. The molecule has 19 heavy (non-hydrogen) atoms. The first-order valence-corrected chi connectivity index (χ1v) is 6.14. The molecule has 0 aliphatic carbocycles. The molecule has 0 saturated carbocycles. The minimum atomic E-state index is -1.64. The van der Waals surface area contributed by atoms with Gasteiger partial charge in [0.2, 0.25) is 0 Å². The van der Waals surface area contributed by atoms with Crippen LogP contribution in [0.3, 0.4) is 0 Å². The second kappa shape index (κ2) is 6.54. The highest BCUT2D eigenvalue weighted by atomic mass is 35.5. The molecule has 0 aliphatic heterocycles. The summed E-state index contributed by atoms with van der Waals surface area (Å²) in [7, 11) is 0. The molecule has 0 aliphatic rings. The highest BCUT2D eigenvalue weighted by molar-refractivity contribution is 6.31. The number of Topliss-reactive ketones (excluding diaryl/α,β-unsaturated/α-hetero) is 1. The van der Waals surface area contributed by atoms with Crippen molar-refractivity contribution in [1.82, 2.24) is 0 Å². The molecule has 0 saturated heterocycles. The second-order valence-corrected chi connectivity index (χ2v) is 4.38. The molecule has 0 spiro atoms. The van der Waals surface area contributed by atoms with Crippen LogP contribution < -0.4 is 4.74 Å². The number of aliphatic carboxylic acids is 1. The van der Waals surface area contributed by atoms with E-state index in [9.17, 15) is 14.7 Å². The van der Waals surface area contributed by atoms with Gasteiger partial charge in [0.1, 0.15) is 11.1 Å². The zero-order valence-corrected chi connectivity index (χ0v) is 11.3. The van der Waals surface area contributed by atoms with Crippen molar-refractivity contribution in [1.29, 1.82) is 0 Å². The molecule has 0 amide bonds. The van der Waals surface area contributed by atoms with Crippen LogP contribution in [0, 0.1) is 0 Å². The molecular formula is C13H15ClO5. The monoisotopic (exact) mass is 286 g/mol. The first-order chi connectivity index (χ1) is 8.88. The number of alkyl halides is 1. The highest BCUT2D eigenvalue weighted by Crippen LogP contribution is 2.33. The van der Waals surface area contributed by atoms with Crippen LogP contribution in [-0.4, -0.2) is 28.6 Å². The lowest BCUT2D eigenvalue weighted by Gasteiger charge is -2.15. The lowest BCUT2D eigenvalue weighted by atomic mass is 10.0. The molecule has 1 aromatic rings. The number of aliphatic hydroxyl groups excluding tert-OH is 1. The summed E-state index contributed by atoms with van der Waals surface area (Å²) in [6.07, 6.45) is -1.64. The van der Waals surface area contributed by atoms with Crippen LogP contribution in [-0.2, 0) is 9.59 Å². The van der Waals surface area contributed by atoms with Crippen molar-refractivity contribution >= 4 is 23.4 Å². The van der Waals surface area contributed by atoms with E-state index in [1.165, 1.54) is 25.1 Å². The van der Waals surface area contributed by atoms with E-state index in [0.717, 1.165) is 0 Å². The summed E-state index contributed by atoms with van der Waals surface area (Å²) in [5, 5.41) is 17.4. The molecule has 0 bridgehead atoms. The van der Waals surface area contributed by atoms with E-state index >= 15 is 0 Å². The Morgan fingerprint density at radius 2 is 2.05 bits per heavy atom. The van der Waals surface area contributed by atoms with E-state index in [2.05, 4.69) is 0 Å². The van der Waals surface area contributed by atoms with E-state index in [1.54, 1.807) is 6.92 Å². The number of ether oxygens (including phenoxy) is 1. The summed E-state index contributed by atoms with van der Waals surface area (Å²) in [5.41, 5.74) is 0.629. The number of halogens is 1. The molecule has 0 heterocycles. The van der Waals surface area contributed by atoms with Crippen molar-refractivity contribution < 1.29 is 24.5 Å². The number of ketones is 1. The third kappa shape index (κ3) is 3.68. The molecule has 0 fully saturated rings. The van der Waals surface area contributed by atoms with Crippen molar-refractivity contribution in [3.05, 3.63) is 29.3 Å². The fourth-order valence-corrected chi connectivity index (χ4v) is 1.75. The minimum Gasteiger partial charge on any atom is -0.494 e. The van der Waals surface area contributed by atoms with Crippen molar-refractivity contribution in [3.63, 3.8) is 0 Å². The first-order valence-electron chi connectivity index (χ1n) is 5.70. The van der Waals surface area contributed by atoms with Gasteiger partial charge in [-0.25, -0.2) is 4.79 Å². The Kier molecular flexibility index (Phi) is 5.32. The van der Waals surface area contributed by atoms with Gasteiger partial charge < -0.3 is 14.9 Å². The van der Waals surface area contributed by atoms with Gasteiger partial charge in [-0.15, -0.1) is 11.6 Å².